The van der Waals surface area contributed by atoms with Gasteiger partial charge in [-0.15, -0.1) is 0 Å². The van der Waals surface area contributed by atoms with Gasteiger partial charge in [0.1, 0.15) is 18.5 Å². The Labute approximate surface area is 89.6 Å². The lowest BCUT2D eigenvalue weighted by molar-refractivity contribution is 0.0535. The maximum atomic E-state index is 9.15. The summed E-state index contributed by atoms with van der Waals surface area (Å²) < 4.78 is 5.38. The zero-order valence-electron chi connectivity index (χ0n) is 8.76. The molecule has 0 bridgehead atoms. The molecule has 2 N–H and O–H groups in total. The first-order chi connectivity index (χ1) is 7.27. The van der Waals surface area contributed by atoms with Crippen molar-refractivity contribution in [1.29, 1.82) is 0 Å². The second-order valence-electron chi connectivity index (χ2n) is 3.19. The van der Waals surface area contributed by atoms with Crippen molar-refractivity contribution in [3.8, 4) is 5.75 Å². The summed E-state index contributed by atoms with van der Waals surface area (Å²) in [5, 5.41) is 17.8. The summed E-state index contributed by atoms with van der Waals surface area (Å²) in [7, 11) is 0. The molecule has 3 heteroatoms. The molecule has 0 aliphatic rings. The Kier molecular flexibility index (Phi) is 4.87. The number of allylic oxidation sites excluding steroid dienone is 1. The Morgan fingerprint density at radius 1 is 1.40 bits per heavy atom. The fourth-order valence-corrected chi connectivity index (χ4v) is 1.17. The molecule has 0 saturated heterocycles. The minimum absolute atomic E-state index is 0.102. The van der Waals surface area contributed by atoms with E-state index in [2.05, 4.69) is 0 Å². The lowest BCUT2D eigenvalue weighted by Gasteiger charge is -2.11. The lowest BCUT2D eigenvalue weighted by atomic mass is 10.2. The molecule has 1 aromatic carbocycles. The highest BCUT2D eigenvalue weighted by molar-refractivity contribution is 5.56. The molecule has 82 valence electrons. The largest absolute Gasteiger partial charge is 0.490 e. The smallest absolute Gasteiger partial charge is 0.126 e. The maximum absolute atomic E-state index is 9.15. The van der Waals surface area contributed by atoms with Crippen molar-refractivity contribution in [3.63, 3.8) is 0 Å². The maximum Gasteiger partial charge on any atom is 0.126 e. The van der Waals surface area contributed by atoms with Crippen molar-refractivity contribution in [2.45, 2.75) is 13.0 Å². The third kappa shape index (κ3) is 3.73. The molecule has 1 unspecified atom stereocenters. The highest BCUT2D eigenvalue weighted by atomic mass is 16.5. The van der Waals surface area contributed by atoms with Gasteiger partial charge in [0.15, 0.2) is 0 Å². The second-order valence-corrected chi connectivity index (χ2v) is 3.19. The fourth-order valence-electron chi connectivity index (χ4n) is 1.17. The fraction of sp³-hybridized carbons (Fsp3) is 0.333. The molecule has 0 aliphatic carbocycles. The van der Waals surface area contributed by atoms with E-state index in [1.807, 2.05) is 43.3 Å². The number of hydrogen-bond donors (Lipinski definition) is 2. The van der Waals surface area contributed by atoms with Gasteiger partial charge < -0.3 is 14.9 Å². The zero-order valence-corrected chi connectivity index (χ0v) is 8.76. The van der Waals surface area contributed by atoms with Crippen LogP contribution in [0.25, 0.3) is 6.08 Å². The molecule has 0 saturated carbocycles. The van der Waals surface area contributed by atoms with Crippen LogP contribution in [0.3, 0.4) is 0 Å². The summed E-state index contributed by atoms with van der Waals surface area (Å²) in [6, 6.07) is 7.55. The summed E-state index contributed by atoms with van der Waals surface area (Å²) in [6.07, 6.45) is 3.02. The molecule has 1 rings (SSSR count). The Balaban J connectivity index is 2.67. The predicted octanol–water partition coefficient (Wildman–Crippen LogP) is 1.45. The number of rotatable bonds is 5. The number of aliphatic hydroxyl groups excluding tert-OH is 2. The minimum atomic E-state index is -0.830. The molecule has 0 amide bonds. The Morgan fingerprint density at radius 3 is 2.80 bits per heavy atom. The van der Waals surface area contributed by atoms with Gasteiger partial charge >= 0.3 is 0 Å². The van der Waals surface area contributed by atoms with Crippen molar-refractivity contribution in [3.05, 3.63) is 35.9 Å². The predicted molar refractivity (Wildman–Crippen MR) is 59.7 cm³/mol. The van der Waals surface area contributed by atoms with E-state index in [4.69, 9.17) is 14.9 Å². The molecule has 0 aromatic heterocycles. The first-order valence-corrected chi connectivity index (χ1v) is 4.91. The monoisotopic (exact) mass is 208 g/mol. The molecular weight excluding hydrogens is 192 g/mol. The molecular formula is C12H16O3. The van der Waals surface area contributed by atoms with Crippen LogP contribution >= 0.6 is 0 Å². The third-order valence-electron chi connectivity index (χ3n) is 1.91. The van der Waals surface area contributed by atoms with Crippen LogP contribution in [0.15, 0.2) is 30.3 Å². The van der Waals surface area contributed by atoms with Crippen molar-refractivity contribution in [1.82, 2.24) is 0 Å². The standard InChI is InChI=1S/C12H16O3/c1-2-5-10-6-3-4-7-12(10)15-9-11(14)8-13/h2-7,11,13-14H,8-9H2,1H3/b5-2-. The molecule has 3 nitrogen and oxygen atoms in total. The van der Waals surface area contributed by atoms with Gasteiger partial charge in [-0.25, -0.2) is 0 Å². The van der Waals surface area contributed by atoms with Gasteiger partial charge in [0.25, 0.3) is 0 Å². The molecule has 0 aliphatic heterocycles. The molecule has 0 fully saturated rings. The molecule has 1 atom stereocenters. The summed E-state index contributed by atoms with van der Waals surface area (Å²) >= 11 is 0. The third-order valence-corrected chi connectivity index (χ3v) is 1.91. The van der Waals surface area contributed by atoms with Crippen LogP contribution in [0.4, 0.5) is 0 Å². The topological polar surface area (TPSA) is 49.7 Å². The van der Waals surface area contributed by atoms with Gasteiger partial charge in [0.05, 0.1) is 6.61 Å². The van der Waals surface area contributed by atoms with Crippen LogP contribution < -0.4 is 4.74 Å². The minimum Gasteiger partial charge on any atom is -0.490 e. The van der Waals surface area contributed by atoms with Crippen LogP contribution in [0.1, 0.15) is 12.5 Å². The van der Waals surface area contributed by atoms with E-state index in [0.29, 0.717) is 5.75 Å². The van der Waals surface area contributed by atoms with Gasteiger partial charge in [-0.1, -0.05) is 30.4 Å². The Bertz CT molecular complexity index is 320. The van der Waals surface area contributed by atoms with Gasteiger partial charge in [-0.2, -0.15) is 0 Å². The highest BCUT2D eigenvalue weighted by Gasteiger charge is 2.04. The van der Waals surface area contributed by atoms with Gasteiger partial charge in [-0.05, 0) is 13.0 Å². The van der Waals surface area contributed by atoms with E-state index in [1.165, 1.54) is 0 Å². The van der Waals surface area contributed by atoms with Crippen molar-refractivity contribution in [2.24, 2.45) is 0 Å². The quantitative estimate of drug-likeness (QED) is 0.770. The molecule has 0 spiro atoms. The van der Waals surface area contributed by atoms with Gasteiger partial charge in [0.2, 0.25) is 0 Å². The van der Waals surface area contributed by atoms with Crippen LogP contribution in [0, 0.1) is 0 Å². The average molecular weight is 208 g/mol. The second kappa shape index (κ2) is 6.22. The summed E-state index contributed by atoms with van der Waals surface area (Å²) in [5.74, 6) is 0.711. The Hall–Kier alpha value is -1.32. The van der Waals surface area contributed by atoms with Crippen molar-refractivity contribution >= 4 is 6.08 Å². The summed E-state index contributed by atoms with van der Waals surface area (Å²) in [6.45, 7) is 1.75. The molecule has 0 heterocycles. The zero-order chi connectivity index (χ0) is 11.1. The average Bonchev–Trinajstić information content (AvgIpc) is 2.28. The number of aliphatic hydroxyl groups is 2. The van der Waals surface area contributed by atoms with Crippen LogP contribution in [-0.4, -0.2) is 29.5 Å². The highest BCUT2D eigenvalue weighted by Crippen LogP contribution is 2.19. The lowest BCUT2D eigenvalue weighted by Crippen LogP contribution is -2.21. The van der Waals surface area contributed by atoms with Gasteiger partial charge in [-0.3, -0.25) is 0 Å². The SMILES string of the molecule is C/C=C\c1ccccc1OCC(O)CO. The van der Waals surface area contributed by atoms with E-state index in [9.17, 15) is 0 Å². The van der Waals surface area contributed by atoms with Crippen molar-refractivity contribution < 1.29 is 14.9 Å². The number of para-hydroxylation sites is 1. The van der Waals surface area contributed by atoms with Gasteiger partial charge in [0, 0.05) is 5.56 Å². The Morgan fingerprint density at radius 2 is 2.13 bits per heavy atom. The van der Waals surface area contributed by atoms with E-state index >= 15 is 0 Å². The normalized spacial score (nSPS) is 13.0. The molecule has 15 heavy (non-hydrogen) atoms. The van der Waals surface area contributed by atoms with E-state index < -0.39 is 6.10 Å². The van der Waals surface area contributed by atoms with E-state index in [0.717, 1.165) is 5.56 Å². The van der Waals surface area contributed by atoms with Crippen molar-refractivity contribution in [2.75, 3.05) is 13.2 Å². The first-order valence-electron chi connectivity index (χ1n) is 4.91. The van der Waals surface area contributed by atoms with E-state index in [1.54, 1.807) is 0 Å². The van der Waals surface area contributed by atoms with E-state index in [-0.39, 0.29) is 13.2 Å². The number of hydrogen-bond acceptors (Lipinski definition) is 3. The summed E-state index contributed by atoms with van der Waals surface area (Å²) in [4.78, 5) is 0. The summed E-state index contributed by atoms with van der Waals surface area (Å²) in [5.41, 5.74) is 0.963. The van der Waals surface area contributed by atoms with Crippen LogP contribution in [0.2, 0.25) is 0 Å². The number of benzene rings is 1. The first kappa shape index (κ1) is 11.8. The molecule has 0 radical (unpaired) electrons. The number of ether oxygens (including phenoxy) is 1. The van der Waals surface area contributed by atoms with Crippen LogP contribution in [0.5, 0.6) is 5.75 Å². The molecule has 1 aromatic rings. The van der Waals surface area contributed by atoms with Crippen LogP contribution in [-0.2, 0) is 0 Å².